The minimum atomic E-state index is -5.11. The topological polar surface area (TPSA) is 85.9 Å². The second-order valence-electron chi connectivity index (χ2n) is 4.76. The zero-order valence-corrected chi connectivity index (χ0v) is 13.1. The van der Waals surface area contributed by atoms with Crippen LogP contribution in [0.2, 0.25) is 0 Å². The normalized spacial score (nSPS) is 13.2. The second-order valence-corrected chi connectivity index (χ2v) is 6.43. The number of halogens is 3. The fourth-order valence-corrected chi connectivity index (χ4v) is 2.62. The number of rotatable bonds is 5. The van der Waals surface area contributed by atoms with Gasteiger partial charge in [-0.1, -0.05) is 30.3 Å². The standard InChI is InChI=1S/C14H12F3NO5S/c1-2-7-24(20,21)23-18-12(14(15,16)17)10-8-9-5-3-4-6-11(9)22-13(10)19/h3-6,8H,2,7H2,1H3/b18-12+. The van der Waals surface area contributed by atoms with Crippen LogP contribution in [0.15, 0.2) is 44.7 Å². The third-order valence-corrected chi connectivity index (χ3v) is 4.07. The molecule has 130 valence electrons. The molecule has 6 nitrogen and oxygen atoms in total. The number of fused-ring (bicyclic) bond motifs is 1. The monoisotopic (exact) mass is 363 g/mol. The Balaban J connectivity index is 2.57. The first-order chi connectivity index (χ1) is 11.1. The van der Waals surface area contributed by atoms with E-state index in [9.17, 15) is 26.4 Å². The molecule has 2 aromatic rings. The van der Waals surface area contributed by atoms with Gasteiger partial charge in [0.15, 0.2) is 5.71 Å². The van der Waals surface area contributed by atoms with E-state index in [0.29, 0.717) is 0 Å². The van der Waals surface area contributed by atoms with Crippen LogP contribution in [0, 0.1) is 0 Å². The van der Waals surface area contributed by atoms with E-state index in [0.717, 1.165) is 6.07 Å². The summed E-state index contributed by atoms with van der Waals surface area (Å²) < 4.78 is 71.1. The number of para-hydroxylation sites is 1. The predicted octanol–water partition coefficient (Wildman–Crippen LogP) is 2.82. The Bertz CT molecular complexity index is 931. The Labute approximate surface area is 134 Å². The molecule has 1 aromatic carbocycles. The van der Waals surface area contributed by atoms with E-state index >= 15 is 0 Å². The van der Waals surface area contributed by atoms with E-state index in [-0.39, 0.29) is 17.4 Å². The summed E-state index contributed by atoms with van der Waals surface area (Å²) in [7, 11) is -4.27. The van der Waals surface area contributed by atoms with E-state index in [4.69, 9.17) is 4.42 Å². The molecule has 0 aliphatic rings. The van der Waals surface area contributed by atoms with E-state index in [1.807, 2.05) is 0 Å². The van der Waals surface area contributed by atoms with Gasteiger partial charge >= 0.3 is 21.9 Å². The van der Waals surface area contributed by atoms with Crippen LogP contribution < -0.4 is 5.63 Å². The number of hydrogen-bond donors (Lipinski definition) is 0. The van der Waals surface area contributed by atoms with Crippen molar-refractivity contribution in [3.8, 4) is 0 Å². The summed E-state index contributed by atoms with van der Waals surface area (Å²) >= 11 is 0. The van der Waals surface area contributed by atoms with Gasteiger partial charge in [-0.25, -0.2) is 4.79 Å². The van der Waals surface area contributed by atoms with E-state index in [1.165, 1.54) is 19.1 Å². The molecule has 0 radical (unpaired) electrons. The zero-order valence-electron chi connectivity index (χ0n) is 12.3. The second kappa shape index (κ2) is 6.63. The van der Waals surface area contributed by atoms with Gasteiger partial charge < -0.3 is 4.42 Å². The molecular formula is C14H12F3NO5S. The average molecular weight is 363 g/mol. The predicted molar refractivity (Wildman–Crippen MR) is 80.2 cm³/mol. The van der Waals surface area contributed by atoms with Gasteiger partial charge in [0.1, 0.15) is 5.58 Å². The van der Waals surface area contributed by atoms with Crippen molar-refractivity contribution in [1.29, 1.82) is 0 Å². The highest BCUT2D eigenvalue weighted by atomic mass is 32.2. The van der Waals surface area contributed by atoms with E-state index in [2.05, 4.69) is 9.44 Å². The molecular weight excluding hydrogens is 351 g/mol. The van der Waals surface area contributed by atoms with Crippen LogP contribution in [-0.4, -0.2) is 26.1 Å². The van der Waals surface area contributed by atoms with Gasteiger partial charge in [-0.15, -0.1) is 0 Å². The Hall–Kier alpha value is -2.36. The van der Waals surface area contributed by atoms with Gasteiger partial charge in [-0.05, 0) is 18.6 Å². The minimum Gasteiger partial charge on any atom is -0.422 e. The van der Waals surface area contributed by atoms with Crippen LogP contribution in [0.5, 0.6) is 0 Å². The first-order valence-corrected chi connectivity index (χ1v) is 8.31. The highest BCUT2D eigenvalue weighted by Gasteiger charge is 2.40. The first kappa shape index (κ1) is 18.0. The molecule has 0 aliphatic heterocycles. The maximum atomic E-state index is 13.2. The fourth-order valence-electron chi connectivity index (χ4n) is 1.86. The molecule has 0 N–H and O–H groups in total. The molecule has 0 bridgehead atoms. The molecule has 1 aromatic heterocycles. The quantitative estimate of drug-likeness (QED) is 0.463. The lowest BCUT2D eigenvalue weighted by molar-refractivity contribution is -0.0598. The van der Waals surface area contributed by atoms with Gasteiger partial charge in [0.05, 0.1) is 11.3 Å². The van der Waals surface area contributed by atoms with E-state index in [1.54, 1.807) is 12.1 Å². The van der Waals surface area contributed by atoms with Gasteiger partial charge in [0.25, 0.3) is 0 Å². The molecule has 1 heterocycles. The smallest absolute Gasteiger partial charge is 0.422 e. The number of nitrogens with zero attached hydrogens (tertiary/aromatic N) is 1. The Morgan fingerprint density at radius 2 is 1.96 bits per heavy atom. The molecule has 0 saturated heterocycles. The Kier molecular flexibility index (Phi) is 4.97. The maximum Gasteiger partial charge on any atom is 0.437 e. The summed E-state index contributed by atoms with van der Waals surface area (Å²) in [6, 6.07) is 6.85. The van der Waals surface area contributed by atoms with Crippen LogP contribution in [0.3, 0.4) is 0 Å². The molecule has 24 heavy (non-hydrogen) atoms. The highest BCUT2D eigenvalue weighted by Crippen LogP contribution is 2.24. The van der Waals surface area contributed by atoms with Crippen molar-refractivity contribution in [2.24, 2.45) is 5.16 Å². The van der Waals surface area contributed by atoms with Crippen LogP contribution >= 0.6 is 0 Å². The lowest BCUT2D eigenvalue weighted by Crippen LogP contribution is -2.30. The summed E-state index contributed by atoms with van der Waals surface area (Å²) in [5, 5.41) is 2.89. The summed E-state index contributed by atoms with van der Waals surface area (Å²) in [5.74, 6) is -0.506. The van der Waals surface area contributed by atoms with Gasteiger partial charge in [-0.3, -0.25) is 4.28 Å². The van der Waals surface area contributed by atoms with Crippen LogP contribution in [-0.2, 0) is 14.4 Å². The SMILES string of the molecule is CCCS(=O)(=O)O/N=C(\c1cc2ccccc2oc1=O)C(F)(F)F. The van der Waals surface area contributed by atoms with Crippen molar-refractivity contribution >= 4 is 26.8 Å². The van der Waals surface area contributed by atoms with E-state index < -0.39 is 38.9 Å². The summed E-state index contributed by atoms with van der Waals surface area (Å²) in [6.07, 6.45) is -4.98. The molecule has 0 aliphatic carbocycles. The Morgan fingerprint density at radius 1 is 1.29 bits per heavy atom. The zero-order chi connectivity index (χ0) is 18.0. The largest absolute Gasteiger partial charge is 0.437 e. The fraction of sp³-hybridized carbons (Fsp3) is 0.286. The maximum absolute atomic E-state index is 13.2. The molecule has 0 atom stereocenters. The molecule has 2 rings (SSSR count). The number of benzene rings is 1. The van der Waals surface area contributed by atoms with Crippen LogP contribution in [0.4, 0.5) is 13.2 Å². The van der Waals surface area contributed by atoms with Gasteiger partial charge in [0, 0.05) is 5.39 Å². The summed E-state index contributed by atoms with van der Waals surface area (Å²) in [4.78, 5) is 11.8. The molecule has 0 unspecified atom stereocenters. The first-order valence-electron chi connectivity index (χ1n) is 6.74. The lowest BCUT2D eigenvalue weighted by Gasteiger charge is -2.09. The molecule has 0 amide bonds. The Morgan fingerprint density at radius 3 is 2.58 bits per heavy atom. The van der Waals surface area contributed by atoms with Gasteiger partial charge in [0.2, 0.25) is 0 Å². The molecule has 0 fully saturated rings. The third kappa shape index (κ3) is 4.13. The van der Waals surface area contributed by atoms with Crippen molar-refractivity contribution in [2.75, 3.05) is 5.75 Å². The van der Waals surface area contributed by atoms with Gasteiger partial charge in [-0.2, -0.15) is 21.6 Å². The van der Waals surface area contributed by atoms with Crippen molar-refractivity contribution in [2.45, 2.75) is 19.5 Å². The lowest BCUT2D eigenvalue weighted by atomic mass is 10.1. The van der Waals surface area contributed by atoms with Crippen LogP contribution in [0.25, 0.3) is 11.0 Å². The highest BCUT2D eigenvalue weighted by molar-refractivity contribution is 7.86. The molecule has 10 heteroatoms. The minimum absolute atomic E-state index is 0.0901. The molecule has 0 saturated carbocycles. The third-order valence-electron chi connectivity index (χ3n) is 2.86. The van der Waals surface area contributed by atoms with Crippen molar-refractivity contribution < 1.29 is 30.3 Å². The molecule has 0 spiro atoms. The van der Waals surface area contributed by atoms with Crippen molar-refractivity contribution in [1.82, 2.24) is 0 Å². The van der Waals surface area contributed by atoms with Crippen molar-refractivity contribution in [3.63, 3.8) is 0 Å². The summed E-state index contributed by atoms with van der Waals surface area (Å²) in [6.45, 7) is 1.51. The average Bonchev–Trinajstić information content (AvgIpc) is 2.46. The number of oxime groups is 1. The number of alkyl halides is 3. The summed E-state index contributed by atoms with van der Waals surface area (Å²) in [5.41, 5.74) is -3.93. The number of hydrogen-bond acceptors (Lipinski definition) is 6. The van der Waals surface area contributed by atoms with Crippen molar-refractivity contribution in [3.05, 3.63) is 46.3 Å². The van der Waals surface area contributed by atoms with Crippen LogP contribution in [0.1, 0.15) is 18.9 Å².